The minimum atomic E-state index is -0.790. The zero-order chi connectivity index (χ0) is 21.4. The van der Waals surface area contributed by atoms with Gasteiger partial charge in [0, 0.05) is 35.9 Å². The molecule has 4 N–H and O–H groups in total. The van der Waals surface area contributed by atoms with Crippen molar-refractivity contribution in [2.24, 2.45) is 11.7 Å². The van der Waals surface area contributed by atoms with Gasteiger partial charge in [0.15, 0.2) is 0 Å². The first-order valence-corrected chi connectivity index (χ1v) is 11.0. The van der Waals surface area contributed by atoms with Gasteiger partial charge in [-0.05, 0) is 60.9 Å². The van der Waals surface area contributed by atoms with Gasteiger partial charge in [-0.2, -0.15) is 0 Å². The van der Waals surface area contributed by atoms with Crippen molar-refractivity contribution in [3.63, 3.8) is 0 Å². The van der Waals surface area contributed by atoms with E-state index >= 15 is 0 Å². The number of nitrogens with zero attached hydrogens (tertiary/aromatic N) is 1. The molecular formula is C24H30ClN3O2. The monoisotopic (exact) mass is 427 g/mol. The fourth-order valence-corrected chi connectivity index (χ4v) is 5.45. The van der Waals surface area contributed by atoms with E-state index in [2.05, 4.69) is 41.4 Å². The van der Waals surface area contributed by atoms with Gasteiger partial charge in [0.1, 0.15) is 5.54 Å². The maximum Gasteiger partial charge on any atom is 0.243 e. The molecule has 30 heavy (non-hydrogen) atoms. The zero-order valence-electron chi connectivity index (χ0n) is 17.4. The molecule has 1 fully saturated rings. The number of hydrogen-bond acceptors (Lipinski definition) is 4. The zero-order valence-corrected chi connectivity index (χ0v) is 18.2. The SMILES string of the molecule is C[C@@H](CO)CN1Cc2ccccc2C12CCC(Nc1cccc(Cl)c1)(C(N)=O)CC2. The van der Waals surface area contributed by atoms with E-state index in [0.717, 1.165) is 31.6 Å². The van der Waals surface area contributed by atoms with E-state index in [9.17, 15) is 9.90 Å². The molecule has 0 radical (unpaired) electrons. The first kappa shape index (κ1) is 21.2. The molecule has 160 valence electrons. The van der Waals surface area contributed by atoms with Crippen LogP contribution in [0.2, 0.25) is 5.02 Å². The highest BCUT2D eigenvalue weighted by Gasteiger charge is 2.52. The molecule has 5 nitrogen and oxygen atoms in total. The van der Waals surface area contributed by atoms with E-state index in [1.54, 1.807) is 0 Å². The first-order chi connectivity index (χ1) is 14.4. The Labute approximate surface area is 183 Å². The van der Waals surface area contributed by atoms with Crippen LogP contribution in [-0.4, -0.2) is 34.6 Å². The van der Waals surface area contributed by atoms with Gasteiger partial charge in [-0.15, -0.1) is 0 Å². The Morgan fingerprint density at radius 2 is 1.93 bits per heavy atom. The summed E-state index contributed by atoms with van der Waals surface area (Å²) in [5, 5.41) is 13.7. The highest BCUT2D eigenvalue weighted by Crippen LogP contribution is 2.51. The van der Waals surface area contributed by atoms with E-state index in [-0.39, 0.29) is 24.0 Å². The number of carbonyl (C=O) groups excluding carboxylic acids is 1. The maximum absolute atomic E-state index is 12.6. The quantitative estimate of drug-likeness (QED) is 0.653. The van der Waals surface area contributed by atoms with E-state index in [1.165, 1.54) is 11.1 Å². The molecule has 2 aromatic rings. The lowest BCUT2D eigenvalue weighted by Gasteiger charge is -2.49. The molecule has 1 aliphatic carbocycles. The molecule has 0 aromatic heterocycles. The molecular weight excluding hydrogens is 398 g/mol. The molecule has 0 bridgehead atoms. The molecule has 1 aliphatic heterocycles. The van der Waals surface area contributed by atoms with Crippen molar-refractivity contribution in [2.45, 2.75) is 50.2 Å². The largest absolute Gasteiger partial charge is 0.396 e. The second-order valence-corrected chi connectivity index (χ2v) is 9.38. The van der Waals surface area contributed by atoms with Crippen LogP contribution in [0.5, 0.6) is 0 Å². The summed E-state index contributed by atoms with van der Waals surface area (Å²) in [7, 11) is 0. The smallest absolute Gasteiger partial charge is 0.243 e. The lowest BCUT2D eigenvalue weighted by Crippen LogP contribution is -2.57. The minimum Gasteiger partial charge on any atom is -0.396 e. The highest BCUT2D eigenvalue weighted by atomic mass is 35.5. The number of amides is 1. The number of halogens is 1. The molecule has 1 amide bonds. The van der Waals surface area contributed by atoms with Crippen molar-refractivity contribution in [3.8, 4) is 0 Å². The highest BCUT2D eigenvalue weighted by molar-refractivity contribution is 6.30. The molecule has 1 heterocycles. The number of anilines is 1. The van der Waals surface area contributed by atoms with Crippen LogP contribution < -0.4 is 11.1 Å². The Kier molecular flexibility index (Phi) is 5.80. The fraction of sp³-hybridized carbons (Fsp3) is 0.458. The van der Waals surface area contributed by atoms with E-state index in [0.29, 0.717) is 17.9 Å². The molecule has 1 atom stereocenters. The molecule has 1 spiro atoms. The van der Waals surface area contributed by atoms with Crippen molar-refractivity contribution in [1.82, 2.24) is 4.90 Å². The molecule has 4 rings (SSSR count). The van der Waals surface area contributed by atoms with Gasteiger partial charge >= 0.3 is 0 Å². The van der Waals surface area contributed by atoms with Crippen LogP contribution in [0.15, 0.2) is 48.5 Å². The molecule has 6 heteroatoms. The molecule has 1 saturated carbocycles. The summed E-state index contributed by atoms with van der Waals surface area (Å²) >= 11 is 6.14. The second-order valence-electron chi connectivity index (χ2n) is 8.94. The summed E-state index contributed by atoms with van der Waals surface area (Å²) in [5.41, 5.74) is 8.54. The number of rotatable bonds is 6. The van der Waals surface area contributed by atoms with Crippen LogP contribution in [-0.2, 0) is 16.9 Å². The molecule has 0 unspecified atom stereocenters. The minimum absolute atomic E-state index is 0.116. The number of carbonyl (C=O) groups is 1. The van der Waals surface area contributed by atoms with Gasteiger partial charge in [0.2, 0.25) is 5.91 Å². The number of nitrogens with one attached hydrogen (secondary N) is 1. The summed E-state index contributed by atoms with van der Waals surface area (Å²) < 4.78 is 0. The Hall–Kier alpha value is -2.08. The van der Waals surface area contributed by atoms with Crippen LogP contribution in [0.3, 0.4) is 0 Å². The van der Waals surface area contributed by atoms with E-state index < -0.39 is 5.54 Å². The summed E-state index contributed by atoms with van der Waals surface area (Å²) in [6, 6.07) is 16.0. The van der Waals surface area contributed by atoms with Crippen molar-refractivity contribution in [2.75, 3.05) is 18.5 Å². The number of fused-ring (bicyclic) bond motifs is 2. The molecule has 0 saturated heterocycles. The van der Waals surface area contributed by atoms with Gasteiger partial charge in [-0.25, -0.2) is 0 Å². The van der Waals surface area contributed by atoms with Crippen molar-refractivity contribution < 1.29 is 9.90 Å². The molecule has 2 aromatic carbocycles. The summed E-state index contributed by atoms with van der Waals surface area (Å²) in [6.07, 6.45) is 2.96. The fourth-order valence-electron chi connectivity index (χ4n) is 5.26. The average Bonchev–Trinajstić information content (AvgIpc) is 3.03. The van der Waals surface area contributed by atoms with Gasteiger partial charge < -0.3 is 16.2 Å². The third-order valence-electron chi connectivity index (χ3n) is 6.94. The summed E-state index contributed by atoms with van der Waals surface area (Å²) in [5.74, 6) is -0.123. The number of hydrogen-bond donors (Lipinski definition) is 3. The normalized spacial score (nSPS) is 27.0. The Balaban J connectivity index is 1.63. The predicted molar refractivity (Wildman–Crippen MR) is 120 cm³/mol. The van der Waals surface area contributed by atoms with E-state index in [4.69, 9.17) is 17.3 Å². The number of nitrogens with two attached hydrogens (primary N) is 1. The number of aliphatic hydroxyl groups is 1. The Morgan fingerprint density at radius 1 is 1.20 bits per heavy atom. The topological polar surface area (TPSA) is 78.6 Å². The third-order valence-corrected chi connectivity index (χ3v) is 7.17. The average molecular weight is 428 g/mol. The number of benzene rings is 2. The Morgan fingerprint density at radius 3 is 2.60 bits per heavy atom. The van der Waals surface area contributed by atoms with Crippen molar-refractivity contribution in [3.05, 3.63) is 64.7 Å². The second kappa shape index (κ2) is 8.22. The van der Waals surface area contributed by atoms with E-state index in [1.807, 2.05) is 24.3 Å². The van der Waals surface area contributed by atoms with Crippen LogP contribution in [0, 0.1) is 5.92 Å². The first-order valence-electron chi connectivity index (χ1n) is 10.7. The Bertz CT molecular complexity index is 924. The van der Waals surface area contributed by atoms with Crippen LogP contribution in [0.4, 0.5) is 5.69 Å². The number of primary amides is 1. The van der Waals surface area contributed by atoms with Gasteiger partial charge in [-0.1, -0.05) is 48.9 Å². The van der Waals surface area contributed by atoms with Crippen molar-refractivity contribution >= 4 is 23.2 Å². The van der Waals surface area contributed by atoms with Crippen molar-refractivity contribution in [1.29, 1.82) is 0 Å². The van der Waals surface area contributed by atoms with Gasteiger partial charge in [0.25, 0.3) is 0 Å². The predicted octanol–water partition coefficient (Wildman–Crippen LogP) is 3.89. The summed E-state index contributed by atoms with van der Waals surface area (Å²) in [4.78, 5) is 15.1. The van der Waals surface area contributed by atoms with Gasteiger partial charge in [0.05, 0.1) is 0 Å². The third kappa shape index (κ3) is 3.70. The lowest BCUT2D eigenvalue weighted by molar-refractivity contribution is -0.124. The van der Waals surface area contributed by atoms with Crippen LogP contribution >= 0.6 is 11.6 Å². The summed E-state index contributed by atoms with van der Waals surface area (Å²) in [6.45, 7) is 3.96. The van der Waals surface area contributed by atoms with Crippen LogP contribution in [0.1, 0.15) is 43.7 Å². The standard InChI is InChI=1S/C24H30ClN3O2/c1-17(16-29)14-28-15-18-5-2-3-8-21(18)24(28)11-9-23(10-12-24,22(26)30)27-20-7-4-6-19(25)13-20/h2-8,13,17,27,29H,9-12,14-16H2,1H3,(H2,26,30)/t17-,23?,24?/m1/s1. The maximum atomic E-state index is 12.6. The molecule has 2 aliphatic rings. The number of aliphatic hydroxyl groups excluding tert-OH is 1. The van der Waals surface area contributed by atoms with Gasteiger partial charge in [-0.3, -0.25) is 9.69 Å². The lowest BCUT2D eigenvalue weighted by atomic mass is 9.68. The van der Waals surface area contributed by atoms with Crippen LogP contribution in [0.25, 0.3) is 0 Å².